The van der Waals surface area contributed by atoms with Crippen LogP contribution in [0.1, 0.15) is 12.8 Å². The maximum absolute atomic E-state index is 12.8. The van der Waals surface area contributed by atoms with Gasteiger partial charge in [-0.15, -0.1) is 0 Å². The third kappa shape index (κ3) is 2.31. The predicted octanol–water partition coefficient (Wildman–Crippen LogP) is 2.90. The van der Waals surface area contributed by atoms with Gasteiger partial charge in [0.1, 0.15) is 24.4 Å². The quantitative estimate of drug-likeness (QED) is 0.620. The Kier molecular flexibility index (Phi) is 3.28. The summed E-state index contributed by atoms with van der Waals surface area (Å²) in [5.74, 6) is -2.66. The second-order valence-electron chi connectivity index (χ2n) is 3.28. The number of halogens is 6. The van der Waals surface area contributed by atoms with Crippen molar-refractivity contribution in [1.82, 2.24) is 0 Å². The molecule has 0 radical (unpaired) electrons. The second kappa shape index (κ2) is 3.96. The van der Waals surface area contributed by atoms with Gasteiger partial charge in [-0.25, -0.2) is 8.78 Å². The molecule has 0 spiro atoms. The van der Waals surface area contributed by atoms with Gasteiger partial charge in [0.25, 0.3) is 0 Å². The van der Waals surface area contributed by atoms with Crippen LogP contribution < -0.4 is 0 Å². The van der Waals surface area contributed by atoms with Gasteiger partial charge in [-0.05, 0) is 4.53 Å². The largest absolute Gasteiger partial charge is 0.397 e. The molecule has 2 atom stereocenters. The number of alkyl halides is 5. The first-order valence-electron chi connectivity index (χ1n) is 3.98. The monoisotopic (exact) mass is 222 g/mol. The Hall–Kier alpha value is -0.460. The molecule has 84 valence electrons. The average Bonchev–Trinajstić information content (AvgIpc) is 1.99. The van der Waals surface area contributed by atoms with Crippen LogP contribution in [-0.4, -0.2) is 24.6 Å². The number of rotatable bonds is 1. The fourth-order valence-corrected chi connectivity index (χ4v) is 1.60. The lowest BCUT2D eigenvalue weighted by Gasteiger charge is -2.33. The van der Waals surface area contributed by atoms with E-state index in [0.717, 1.165) is 0 Å². The standard InChI is InChI=1S/C7H8F6O/c8-4-1-3(14-13)2-5(9)6(4)7(10,11)12/h3-6H,1-2H2. The smallest absolute Gasteiger partial charge is 0.247 e. The molecule has 0 saturated heterocycles. The Labute approximate surface area is 75.9 Å². The Balaban J connectivity index is 2.70. The Bertz CT molecular complexity index is 181. The van der Waals surface area contributed by atoms with Crippen LogP contribution in [0.15, 0.2) is 0 Å². The van der Waals surface area contributed by atoms with Crippen molar-refractivity contribution in [2.45, 2.75) is 37.5 Å². The zero-order chi connectivity index (χ0) is 10.9. The Morgan fingerprint density at radius 2 is 1.43 bits per heavy atom. The van der Waals surface area contributed by atoms with E-state index in [1.54, 1.807) is 0 Å². The first-order valence-corrected chi connectivity index (χ1v) is 3.98. The minimum Gasteiger partial charge on any atom is -0.247 e. The molecule has 2 unspecified atom stereocenters. The van der Waals surface area contributed by atoms with E-state index in [-0.39, 0.29) is 0 Å². The summed E-state index contributed by atoms with van der Waals surface area (Å²) >= 11 is 0. The van der Waals surface area contributed by atoms with E-state index in [4.69, 9.17) is 0 Å². The molecule has 0 aliphatic heterocycles. The topological polar surface area (TPSA) is 9.23 Å². The third-order valence-electron chi connectivity index (χ3n) is 2.26. The number of hydrogen-bond acceptors (Lipinski definition) is 1. The lowest BCUT2D eigenvalue weighted by molar-refractivity contribution is -0.249. The van der Waals surface area contributed by atoms with E-state index in [0.29, 0.717) is 0 Å². The molecule has 0 N–H and O–H groups in total. The molecular formula is C7H8F6O. The van der Waals surface area contributed by atoms with Crippen molar-refractivity contribution < 1.29 is 31.4 Å². The first-order chi connectivity index (χ1) is 6.36. The highest BCUT2D eigenvalue weighted by molar-refractivity contribution is 4.90. The normalized spacial score (nSPS) is 39.9. The van der Waals surface area contributed by atoms with Crippen molar-refractivity contribution in [3.8, 4) is 0 Å². The minimum absolute atomic E-state index is 0.763. The van der Waals surface area contributed by atoms with Crippen LogP contribution in [0, 0.1) is 5.92 Å². The van der Waals surface area contributed by atoms with E-state index in [9.17, 15) is 26.5 Å². The zero-order valence-corrected chi connectivity index (χ0v) is 6.90. The highest BCUT2D eigenvalue weighted by Gasteiger charge is 2.54. The summed E-state index contributed by atoms with van der Waals surface area (Å²) in [5.41, 5.74) is 0. The molecule has 0 aromatic rings. The fourth-order valence-electron chi connectivity index (χ4n) is 1.60. The van der Waals surface area contributed by atoms with E-state index in [1.165, 1.54) is 0 Å². The number of hydrogen-bond donors (Lipinski definition) is 0. The van der Waals surface area contributed by atoms with Crippen LogP contribution in [-0.2, 0) is 4.94 Å². The molecule has 1 fully saturated rings. The Morgan fingerprint density at radius 1 is 1.00 bits per heavy atom. The molecule has 0 amide bonds. The third-order valence-corrected chi connectivity index (χ3v) is 2.26. The molecule has 0 heterocycles. The molecule has 0 aromatic heterocycles. The molecule has 1 nitrogen and oxygen atoms in total. The van der Waals surface area contributed by atoms with Crippen molar-refractivity contribution >= 4 is 0 Å². The predicted molar refractivity (Wildman–Crippen MR) is 34.6 cm³/mol. The molecule has 0 aromatic carbocycles. The Morgan fingerprint density at radius 3 is 1.71 bits per heavy atom. The summed E-state index contributed by atoms with van der Waals surface area (Å²) in [5, 5.41) is 0. The van der Waals surface area contributed by atoms with Gasteiger partial charge in [0, 0.05) is 12.8 Å². The van der Waals surface area contributed by atoms with Gasteiger partial charge in [-0.3, -0.25) is 0 Å². The summed E-state index contributed by atoms with van der Waals surface area (Å²) < 4.78 is 73.4. The van der Waals surface area contributed by atoms with Gasteiger partial charge >= 0.3 is 6.18 Å². The summed E-state index contributed by atoms with van der Waals surface area (Å²) in [7, 11) is 0. The van der Waals surface area contributed by atoms with Gasteiger partial charge in [0.2, 0.25) is 0 Å². The summed E-state index contributed by atoms with van der Waals surface area (Å²) in [6, 6.07) is 0. The van der Waals surface area contributed by atoms with Crippen molar-refractivity contribution in [2.24, 2.45) is 5.92 Å². The van der Waals surface area contributed by atoms with Gasteiger partial charge in [-0.2, -0.15) is 18.1 Å². The van der Waals surface area contributed by atoms with Crippen LogP contribution >= 0.6 is 0 Å². The summed E-state index contributed by atoms with van der Waals surface area (Å²) in [6.45, 7) is 0. The average molecular weight is 222 g/mol. The van der Waals surface area contributed by atoms with Crippen molar-refractivity contribution in [3.05, 3.63) is 0 Å². The maximum atomic E-state index is 12.8. The van der Waals surface area contributed by atoms with Crippen LogP contribution in [0.5, 0.6) is 0 Å². The van der Waals surface area contributed by atoms with Crippen molar-refractivity contribution in [3.63, 3.8) is 0 Å². The highest BCUT2D eigenvalue weighted by Crippen LogP contribution is 2.41. The highest BCUT2D eigenvalue weighted by atomic mass is 19.4. The van der Waals surface area contributed by atoms with E-state index >= 15 is 0 Å². The molecule has 7 heteroatoms. The summed E-state index contributed by atoms with van der Waals surface area (Å²) in [6.07, 6.45) is -12.8. The van der Waals surface area contributed by atoms with Crippen LogP contribution in [0.3, 0.4) is 0 Å². The SMILES string of the molecule is FOC1CC(F)C(C(F)(F)F)C(F)C1. The molecular weight excluding hydrogens is 214 g/mol. The molecule has 1 rings (SSSR count). The van der Waals surface area contributed by atoms with E-state index in [2.05, 4.69) is 4.94 Å². The molecule has 0 bridgehead atoms. The van der Waals surface area contributed by atoms with Gasteiger partial charge in [-0.1, -0.05) is 0 Å². The lowest BCUT2D eigenvalue weighted by atomic mass is 9.84. The maximum Gasteiger partial charge on any atom is 0.397 e. The second-order valence-corrected chi connectivity index (χ2v) is 3.28. The molecule has 1 aliphatic rings. The fraction of sp³-hybridized carbons (Fsp3) is 1.00. The molecule has 1 saturated carbocycles. The van der Waals surface area contributed by atoms with Crippen LogP contribution in [0.4, 0.5) is 26.5 Å². The first kappa shape index (κ1) is 11.6. The van der Waals surface area contributed by atoms with Gasteiger partial charge < -0.3 is 0 Å². The van der Waals surface area contributed by atoms with E-state index < -0.39 is 43.4 Å². The van der Waals surface area contributed by atoms with Gasteiger partial charge in [0.15, 0.2) is 0 Å². The zero-order valence-electron chi connectivity index (χ0n) is 6.90. The van der Waals surface area contributed by atoms with Crippen LogP contribution in [0.25, 0.3) is 0 Å². The van der Waals surface area contributed by atoms with Gasteiger partial charge in [0.05, 0.1) is 0 Å². The van der Waals surface area contributed by atoms with Crippen LogP contribution in [0.2, 0.25) is 0 Å². The molecule has 14 heavy (non-hydrogen) atoms. The summed E-state index contributed by atoms with van der Waals surface area (Å²) in [4.78, 5) is 3.15. The van der Waals surface area contributed by atoms with Crippen molar-refractivity contribution in [1.29, 1.82) is 0 Å². The minimum atomic E-state index is -4.93. The van der Waals surface area contributed by atoms with Crippen molar-refractivity contribution in [2.75, 3.05) is 0 Å². The lowest BCUT2D eigenvalue weighted by Crippen LogP contribution is -2.46. The van der Waals surface area contributed by atoms with E-state index in [1.807, 2.05) is 0 Å². The molecule has 1 aliphatic carbocycles.